The number of hydrogen-bond acceptors (Lipinski definition) is 2. The number of carbonyl (C=O) groups is 2. The molecule has 2 rings (SSSR count). The Balaban J connectivity index is 2.01. The number of anilines is 1. The van der Waals surface area contributed by atoms with Crippen LogP contribution in [-0.2, 0) is 4.79 Å². The Morgan fingerprint density at radius 2 is 1.74 bits per heavy atom. The SMILES string of the molecule is CC(=O)c1cccc(NC(=O)/C=C/c2ccc(C(C)C)cc2)c1. The summed E-state index contributed by atoms with van der Waals surface area (Å²) in [6.45, 7) is 5.79. The first-order valence-corrected chi connectivity index (χ1v) is 7.66. The summed E-state index contributed by atoms with van der Waals surface area (Å²) in [5.41, 5.74) is 3.44. The van der Waals surface area contributed by atoms with Gasteiger partial charge in [0.15, 0.2) is 5.78 Å². The van der Waals surface area contributed by atoms with Gasteiger partial charge < -0.3 is 5.32 Å². The molecule has 3 heteroatoms. The van der Waals surface area contributed by atoms with Crippen molar-refractivity contribution in [1.29, 1.82) is 0 Å². The van der Waals surface area contributed by atoms with E-state index in [0.717, 1.165) is 5.56 Å². The van der Waals surface area contributed by atoms with E-state index in [1.54, 1.807) is 30.3 Å². The van der Waals surface area contributed by atoms with Gasteiger partial charge in [-0.3, -0.25) is 9.59 Å². The van der Waals surface area contributed by atoms with Crippen LogP contribution < -0.4 is 5.32 Å². The molecule has 0 saturated heterocycles. The molecule has 0 aromatic heterocycles. The lowest BCUT2D eigenvalue weighted by atomic mass is 10.0. The average Bonchev–Trinajstić information content (AvgIpc) is 2.53. The van der Waals surface area contributed by atoms with E-state index in [1.807, 2.05) is 12.1 Å². The number of hydrogen-bond donors (Lipinski definition) is 1. The molecule has 0 saturated carbocycles. The van der Waals surface area contributed by atoms with Crippen LogP contribution in [0.25, 0.3) is 6.08 Å². The van der Waals surface area contributed by atoms with Crippen molar-refractivity contribution in [3.8, 4) is 0 Å². The van der Waals surface area contributed by atoms with Gasteiger partial charge in [-0.05, 0) is 42.2 Å². The first-order valence-electron chi connectivity index (χ1n) is 7.66. The Morgan fingerprint density at radius 3 is 2.35 bits per heavy atom. The van der Waals surface area contributed by atoms with Gasteiger partial charge in [0.2, 0.25) is 5.91 Å². The predicted octanol–water partition coefficient (Wildman–Crippen LogP) is 4.66. The zero-order valence-electron chi connectivity index (χ0n) is 13.7. The first kappa shape index (κ1) is 16.7. The lowest BCUT2D eigenvalue weighted by Crippen LogP contribution is -2.08. The molecule has 0 spiro atoms. The third-order valence-electron chi connectivity index (χ3n) is 3.57. The average molecular weight is 307 g/mol. The molecule has 3 nitrogen and oxygen atoms in total. The summed E-state index contributed by atoms with van der Waals surface area (Å²) in [6, 6.07) is 15.0. The van der Waals surface area contributed by atoms with Crippen LogP contribution in [0.4, 0.5) is 5.69 Å². The van der Waals surface area contributed by atoms with Gasteiger partial charge in [-0.2, -0.15) is 0 Å². The van der Waals surface area contributed by atoms with Gasteiger partial charge in [-0.15, -0.1) is 0 Å². The molecule has 0 fully saturated rings. The van der Waals surface area contributed by atoms with E-state index in [0.29, 0.717) is 17.2 Å². The minimum atomic E-state index is -0.223. The summed E-state index contributed by atoms with van der Waals surface area (Å²) in [5.74, 6) is 0.241. The number of rotatable bonds is 5. The topological polar surface area (TPSA) is 46.2 Å². The molecule has 0 atom stereocenters. The molecule has 1 amide bonds. The van der Waals surface area contributed by atoms with Crippen LogP contribution in [0, 0.1) is 0 Å². The van der Waals surface area contributed by atoms with Crippen LogP contribution in [0.3, 0.4) is 0 Å². The summed E-state index contributed by atoms with van der Waals surface area (Å²) in [6.07, 6.45) is 3.26. The zero-order valence-corrected chi connectivity index (χ0v) is 13.7. The highest BCUT2D eigenvalue weighted by Crippen LogP contribution is 2.15. The van der Waals surface area contributed by atoms with Crippen molar-refractivity contribution in [2.75, 3.05) is 5.32 Å². The van der Waals surface area contributed by atoms with Crippen LogP contribution in [0.5, 0.6) is 0 Å². The Labute approximate surface area is 137 Å². The van der Waals surface area contributed by atoms with Crippen molar-refractivity contribution in [3.05, 3.63) is 71.3 Å². The summed E-state index contributed by atoms with van der Waals surface area (Å²) in [7, 11) is 0. The standard InChI is InChI=1S/C20H21NO2/c1-14(2)17-10-7-16(8-11-17)9-12-20(23)21-19-6-4-5-18(13-19)15(3)22/h4-14H,1-3H3,(H,21,23)/b12-9+. The molecule has 0 heterocycles. The number of Topliss-reactive ketones (excluding diaryl/α,β-unsaturated/α-hetero) is 1. The third-order valence-corrected chi connectivity index (χ3v) is 3.57. The zero-order chi connectivity index (χ0) is 16.8. The second kappa shape index (κ2) is 7.54. The van der Waals surface area contributed by atoms with Crippen molar-refractivity contribution in [3.63, 3.8) is 0 Å². The molecule has 0 radical (unpaired) electrons. The molecule has 0 aliphatic heterocycles. The lowest BCUT2D eigenvalue weighted by Gasteiger charge is -2.05. The maximum Gasteiger partial charge on any atom is 0.248 e. The second-order valence-electron chi connectivity index (χ2n) is 5.78. The van der Waals surface area contributed by atoms with Crippen LogP contribution in [-0.4, -0.2) is 11.7 Å². The Kier molecular flexibility index (Phi) is 5.47. The monoisotopic (exact) mass is 307 g/mol. The van der Waals surface area contributed by atoms with Gasteiger partial charge >= 0.3 is 0 Å². The van der Waals surface area contributed by atoms with E-state index < -0.39 is 0 Å². The van der Waals surface area contributed by atoms with E-state index in [-0.39, 0.29) is 11.7 Å². The molecular weight excluding hydrogens is 286 g/mol. The fraction of sp³-hybridized carbons (Fsp3) is 0.200. The van der Waals surface area contributed by atoms with Gasteiger partial charge in [-0.25, -0.2) is 0 Å². The smallest absolute Gasteiger partial charge is 0.248 e. The summed E-state index contributed by atoms with van der Waals surface area (Å²) in [4.78, 5) is 23.3. The maximum atomic E-state index is 12.0. The summed E-state index contributed by atoms with van der Waals surface area (Å²) < 4.78 is 0. The van der Waals surface area contributed by atoms with Crippen LogP contribution >= 0.6 is 0 Å². The normalized spacial score (nSPS) is 11.0. The molecule has 2 aromatic carbocycles. The first-order chi connectivity index (χ1) is 11.0. The molecule has 0 bridgehead atoms. The van der Waals surface area contributed by atoms with Gasteiger partial charge in [0.1, 0.15) is 0 Å². The number of amides is 1. The number of benzene rings is 2. The highest BCUT2D eigenvalue weighted by molar-refractivity contribution is 6.03. The minimum absolute atomic E-state index is 0.0260. The molecular formula is C20H21NO2. The van der Waals surface area contributed by atoms with Crippen LogP contribution in [0.2, 0.25) is 0 Å². The fourth-order valence-corrected chi connectivity index (χ4v) is 2.16. The molecule has 0 aliphatic carbocycles. The maximum absolute atomic E-state index is 12.0. The Hall–Kier alpha value is -2.68. The Bertz CT molecular complexity index is 728. The van der Waals surface area contributed by atoms with Gasteiger partial charge in [0.25, 0.3) is 0 Å². The highest BCUT2D eigenvalue weighted by atomic mass is 16.1. The number of carbonyl (C=O) groups excluding carboxylic acids is 2. The molecule has 23 heavy (non-hydrogen) atoms. The van der Waals surface area contributed by atoms with E-state index in [4.69, 9.17) is 0 Å². The lowest BCUT2D eigenvalue weighted by molar-refractivity contribution is -0.111. The molecule has 0 aliphatic rings. The van der Waals surface area contributed by atoms with Crippen molar-refractivity contribution in [1.82, 2.24) is 0 Å². The van der Waals surface area contributed by atoms with Crippen LogP contribution in [0.1, 0.15) is 48.2 Å². The van der Waals surface area contributed by atoms with Crippen molar-refractivity contribution in [2.45, 2.75) is 26.7 Å². The van der Waals surface area contributed by atoms with Gasteiger partial charge in [-0.1, -0.05) is 50.2 Å². The molecule has 0 unspecified atom stereocenters. The fourth-order valence-electron chi connectivity index (χ4n) is 2.16. The quantitative estimate of drug-likeness (QED) is 0.645. The molecule has 2 aromatic rings. The van der Waals surface area contributed by atoms with E-state index >= 15 is 0 Å². The highest BCUT2D eigenvalue weighted by Gasteiger charge is 2.02. The van der Waals surface area contributed by atoms with Crippen molar-refractivity contribution < 1.29 is 9.59 Å². The molecule has 1 N–H and O–H groups in total. The van der Waals surface area contributed by atoms with Crippen LogP contribution in [0.15, 0.2) is 54.6 Å². The van der Waals surface area contributed by atoms with Gasteiger partial charge in [0, 0.05) is 17.3 Å². The molecule has 118 valence electrons. The largest absolute Gasteiger partial charge is 0.322 e. The minimum Gasteiger partial charge on any atom is -0.322 e. The van der Waals surface area contributed by atoms with E-state index in [9.17, 15) is 9.59 Å². The van der Waals surface area contributed by atoms with Crippen molar-refractivity contribution >= 4 is 23.5 Å². The number of ketones is 1. The van der Waals surface area contributed by atoms with E-state index in [2.05, 4.69) is 31.3 Å². The van der Waals surface area contributed by atoms with E-state index in [1.165, 1.54) is 18.6 Å². The summed E-state index contributed by atoms with van der Waals surface area (Å²) in [5, 5.41) is 2.76. The van der Waals surface area contributed by atoms with Crippen molar-refractivity contribution in [2.24, 2.45) is 0 Å². The predicted molar refractivity (Wildman–Crippen MR) is 94.6 cm³/mol. The Morgan fingerprint density at radius 1 is 1.04 bits per heavy atom. The van der Waals surface area contributed by atoms with Gasteiger partial charge in [0.05, 0.1) is 0 Å². The summed E-state index contributed by atoms with van der Waals surface area (Å²) >= 11 is 0. The second-order valence-corrected chi connectivity index (χ2v) is 5.78. The third kappa shape index (κ3) is 4.92. The number of nitrogens with one attached hydrogen (secondary N) is 1.